The monoisotopic (exact) mass is 305 g/mol. The number of unbranched alkanes of at least 4 members (excludes halogenated alkanes) is 1. The van der Waals surface area contributed by atoms with Crippen LogP contribution >= 0.6 is 23.1 Å². The topological polar surface area (TPSA) is 79.7 Å². The maximum atomic E-state index is 10.9. The van der Waals surface area contributed by atoms with Crippen molar-refractivity contribution in [3.05, 3.63) is 10.6 Å². The number of thioether (sulfide) groups is 1. The number of aliphatic hydroxyl groups is 1. The molecule has 0 aliphatic carbocycles. The smallest absolute Gasteiger partial charge is 0.347 e. The van der Waals surface area contributed by atoms with Crippen LogP contribution in [0.15, 0.2) is 4.34 Å². The highest BCUT2D eigenvalue weighted by atomic mass is 32.2. The Balaban J connectivity index is 2.32. The fourth-order valence-corrected chi connectivity index (χ4v) is 3.27. The molecule has 0 bridgehead atoms. The van der Waals surface area contributed by atoms with Crippen LogP contribution in [0.25, 0.3) is 0 Å². The number of aromatic carboxylic acids is 1. The van der Waals surface area contributed by atoms with Crippen LogP contribution in [-0.2, 0) is 4.74 Å². The first-order valence-electron chi connectivity index (χ1n) is 6.14. The maximum absolute atomic E-state index is 10.9. The Labute approximate surface area is 121 Å². The van der Waals surface area contributed by atoms with Gasteiger partial charge in [0.2, 0.25) is 0 Å². The second-order valence-electron chi connectivity index (χ2n) is 4.09. The molecule has 0 aliphatic heterocycles. The van der Waals surface area contributed by atoms with Gasteiger partial charge in [-0.3, -0.25) is 0 Å². The molecule has 1 rings (SSSR count). The summed E-state index contributed by atoms with van der Waals surface area (Å²) in [5, 5.41) is 18.6. The van der Waals surface area contributed by atoms with Crippen LogP contribution in [0.5, 0.6) is 0 Å². The van der Waals surface area contributed by atoms with Gasteiger partial charge in [0, 0.05) is 12.4 Å². The van der Waals surface area contributed by atoms with E-state index in [1.807, 2.05) is 0 Å². The predicted octanol–water partition coefficient (Wildman–Crippen LogP) is 2.42. The Hall–Kier alpha value is -0.630. The van der Waals surface area contributed by atoms with Crippen LogP contribution < -0.4 is 0 Å². The number of aliphatic hydroxyl groups excluding tert-OH is 1. The lowest BCUT2D eigenvalue weighted by Gasteiger charge is -2.09. The number of aryl methyl sites for hydroxylation is 1. The maximum Gasteiger partial charge on any atom is 0.347 e. The minimum atomic E-state index is -0.953. The van der Waals surface area contributed by atoms with E-state index >= 15 is 0 Å². The first kappa shape index (κ1) is 16.4. The van der Waals surface area contributed by atoms with Gasteiger partial charge in [0.05, 0.1) is 18.4 Å². The third-order valence-electron chi connectivity index (χ3n) is 2.32. The summed E-state index contributed by atoms with van der Waals surface area (Å²) in [4.78, 5) is 15.3. The summed E-state index contributed by atoms with van der Waals surface area (Å²) >= 11 is 2.50. The number of carboxylic acid groups (broad SMARTS) is 1. The summed E-state index contributed by atoms with van der Waals surface area (Å²) in [6.45, 7) is 4.73. The highest BCUT2D eigenvalue weighted by molar-refractivity contribution is 8.01. The van der Waals surface area contributed by atoms with E-state index in [-0.39, 0.29) is 4.88 Å². The van der Waals surface area contributed by atoms with Crippen molar-refractivity contribution in [2.75, 3.05) is 19.0 Å². The predicted molar refractivity (Wildman–Crippen MR) is 76.3 cm³/mol. The van der Waals surface area contributed by atoms with Crippen molar-refractivity contribution in [3.8, 4) is 0 Å². The van der Waals surface area contributed by atoms with Crippen LogP contribution in [0.4, 0.5) is 0 Å². The van der Waals surface area contributed by atoms with Crippen molar-refractivity contribution in [2.24, 2.45) is 0 Å². The number of hydrogen-bond acceptors (Lipinski definition) is 6. The SMILES string of the molecule is CCCCOCC(O)CSc1nc(C)c(C(=O)O)s1. The van der Waals surface area contributed by atoms with Crippen molar-refractivity contribution in [2.45, 2.75) is 37.1 Å². The Kier molecular flexibility index (Phi) is 7.37. The van der Waals surface area contributed by atoms with Gasteiger partial charge in [-0.05, 0) is 13.3 Å². The second-order valence-corrected chi connectivity index (χ2v) is 6.36. The van der Waals surface area contributed by atoms with Crippen LogP contribution in [-0.4, -0.2) is 46.2 Å². The summed E-state index contributed by atoms with van der Waals surface area (Å²) in [5.74, 6) is -0.497. The van der Waals surface area contributed by atoms with Crippen molar-refractivity contribution in [1.29, 1.82) is 0 Å². The normalized spacial score (nSPS) is 12.6. The molecule has 0 aliphatic rings. The molecule has 2 N–H and O–H groups in total. The van der Waals surface area contributed by atoms with E-state index in [0.717, 1.165) is 24.2 Å². The number of aromatic nitrogens is 1. The summed E-state index contributed by atoms with van der Waals surface area (Å²) in [6, 6.07) is 0. The van der Waals surface area contributed by atoms with Gasteiger partial charge in [-0.25, -0.2) is 9.78 Å². The van der Waals surface area contributed by atoms with Crippen LogP contribution in [0.3, 0.4) is 0 Å². The number of hydrogen-bond donors (Lipinski definition) is 2. The van der Waals surface area contributed by atoms with Crippen LogP contribution in [0, 0.1) is 6.92 Å². The van der Waals surface area contributed by atoms with Gasteiger partial charge in [0.25, 0.3) is 0 Å². The Morgan fingerprint density at radius 2 is 2.32 bits per heavy atom. The van der Waals surface area contributed by atoms with Crippen molar-refractivity contribution in [3.63, 3.8) is 0 Å². The molecule has 0 amide bonds. The summed E-state index contributed by atoms with van der Waals surface area (Å²) in [5.41, 5.74) is 0.522. The Bertz CT molecular complexity index is 408. The minimum absolute atomic E-state index is 0.260. The third-order valence-corrected chi connectivity index (χ3v) is 4.76. The Morgan fingerprint density at radius 1 is 1.58 bits per heavy atom. The molecule has 5 nitrogen and oxygen atoms in total. The number of carbonyl (C=O) groups is 1. The average molecular weight is 305 g/mol. The van der Waals surface area contributed by atoms with Gasteiger partial charge in [-0.1, -0.05) is 25.1 Å². The number of thiazole rings is 1. The van der Waals surface area contributed by atoms with E-state index in [4.69, 9.17) is 9.84 Å². The molecule has 108 valence electrons. The van der Waals surface area contributed by atoms with Gasteiger partial charge in [-0.15, -0.1) is 11.3 Å². The molecular weight excluding hydrogens is 286 g/mol. The molecule has 0 aromatic carbocycles. The molecular formula is C12H19NO4S2. The molecule has 0 radical (unpaired) electrons. The molecule has 1 unspecified atom stereocenters. The van der Waals surface area contributed by atoms with E-state index in [1.54, 1.807) is 6.92 Å². The molecule has 0 saturated heterocycles. The molecule has 7 heteroatoms. The number of rotatable bonds is 9. The van der Waals surface area contributed by atoms with E-state index < -0.39 is 12.1 Å². The zero-order valence-electron chi connectivity index (χ0n) is 11.1. The van der Waals surface area contributed by atoms with Crippen molar-refractivity contribution in [1.82, 2.24) is 4.98 Å². The van der Waals surface area contributed by atoms with Crippen LogP contribution in [0.2, 0.25) is 0 Å². The fourth-order valence-electron chi connectivity index (χ4n) is 1.31. The van der Waals surface area contributed by atoms with Gasteiger partial charge in [-0.2, -0.15) is 0 Å². The molecule has 0 fully saturated rings. The molecule has 1 atom stereocenters. The van der Waals surface area contributed by atoms with Crippen LogP contribution in [0.1, 0.15) is 35.1 Å². The molecule has 1 heterocycles. The zero-order chi connectivity index (χ0) is 14.3. The molecule has 0 saturated carbocycles. The highest BCUT2D eigenvalue weighted by Gasteiger charge is 2.15. The third kappa shape index (κ3) is 5.90. The average Bonchev–Trinajstić information content (AvgIpc) is 2.74. The van der Waals surface area contributed by atoms with Gasteiger partial charge < -0.3 is 14.9 Å². The fraction of sp³-hybridized carbons (Fsp3) is 0.667. The zero-order valence-corrected chi connectivity index (χ0v) is 12.7. The van der Waals surface area contributed by atoms with Gasteiger partial charge >= 0.3 is 5.97 Å². The number of carboxylic acids is 1. The number of nitrogens with zero attached hydrogens (tertiary/aromatic N) is 1. The van der Waals surface area contributed by atoms with Crippen molar-refractivity contribution >= 4 is 29.1 Å². The lowest BCUT2D eigenvalue weighted by atomic mass is 10.3. The summed E-state index contributed by atoms with van der Waals surface area (Å²) in [7, 11) is 0. The summed E-state index contributed by atoms with van der Waals surface area (Å²) < 4.78 is 5.99. The van der Waals surface area contributed by atoms with E-state index in [0.29, 0.717) is 29.0 Å². The standard InChI is InChI=1S/C12H19NO4S2/c1-3-4-5-17-6-9(14)7-18-12-13-8(2)10(19-12)11(15)16/h9,14H,3-7H2,1-2H3,(H,15,16). The lowest BCUT2D eigenvalue weighted by Crippen LogP contribution is -2.18. The largest absolute Gasteiger partial charge is 0.477 e. The van der Waals surface area contributed by atoms with E-state index in [1.165, 1.54) is 11.8 Å². The molecule has 0 spiro atoms. The quantitative estimate of drug-likeness (QED) is 0.539. The van der Waals surface area contributed by atoms with Gasteiger partial charge in [0.15, 0.2) is 4.34 Å². The minimum Gasteiger partial charge on any atom is -0.477 e. The van der Waals surface area contributed by atoms with Crippen molar-refractivity contribution < 1.29 is 19.7 Å². The molecule has 19 heavy (non-hydrogen) atoms. The second kappa shape index (κ2) is 8.52. The highest BCUT2D eigenvalue weighted by Crippen LogP contribution is 2.27. The first-order valence-corrected chi connectivity index (χ1v) is 7.94. The first-order chi connectivity index (χ1) is 9.04. The Morgan fingerprint density at radius 3 is 2.89 bits per heavy atom. The van der Waals surface area contributed by atoms with E-state index in [2.05, 4.69) is 11.9 Å². The molecule has 1 aromatic rings. The van der Waals surface area contributed by atoms with Gasteiger partial charge in [0.1, 0.15) is 4.88 Å². The number of ether oxygens (including phenoxy) is 1. The van der Waals surface area contributed by atoms with E-state index in [9.17, 15) is 9.90 Å². The summed E-state index contributed by atoms with van der Waals surface area (Å²) in [6.07, 6.45) is 1.51. The lowest BCUT2D eigenvalue weighted by molar-refractivity contribution is 0.0473. The molecule has 1 aromatic heterocycles.